The minimum absolute atomic E-state index is 0.187. The van der Waals surface area contributed by atoms with E-state index in [-0.39, 0.29) is 18.0 Å². The lowest BCUT2D eigenvalue weighted by Gasteiger charge is -2.07. The number of ether oxygens (including phenoxy) is 2. The van der Waals surface area contributed by atoms with Crippen LogP contribution in [0.5, 0.6) is 11.5 Å². The summed E-state index contributed by atoms with van der Waals surface area (Å²) in [6.45, 7) is 0.270. The number of hydrogen-bond acceptors (Lipinski definition) is 8. The highest BCUT2D eigenvalue weighted by Crippen LogP contribution is 2.20. The van der Waals surface area contributed by atoms with Crippen LogP contribution in [0.1, 0.15) is 5.82 Å². The number of nitrogens with zero attached hydrogens (tertiary/aromatic N) is 6. The van der Waals surface area contributed by atoms with Gasteiger partial charge in [0.1, 0.15) is 23.6 Å². The standard InChI is InChI=1S/C19H18N6O3S/c1-24-17(11-28-14-9-7-13(27-2)8-10-14)21-22-19(24)29-12-25-18(26)15-5-3-4-6-16(15)20-23-25/h3-10H,11-12H2,1-2H3. The van der Waals surface area contributed by atoms with Crippen LogP contribution in [0.15, 0.2) is 58.5 Å². The maximum atomic E-state index is 12.5. The Bertz CT molecular complexity index is 1190. The lowest BCUT2D eigenvalue weighted by atomic mass is 10.2. The molecule has 0 N–H and O–H groups in total. The molecule has 2 heterocycles. The van der Waals surface area contributed by atoms with Crippen molar-refractivity contribution in [1.29, 1.82) is 0 Å². The van der Waals surface area contributed by atoms with Gasteiger partial charge in [-0.3, -0.25) is 4.79 Å². The van der Waals surface area contributed by atoms with Gasteiger partial charge in [-0.2, -0.15) is 4.68 Å². The average molecular weight is 410 g/mol. The van der Waals surface area contributed by atoms with E-state index < -0.39 is 0 Å². The van der Waals surface area contributed by atoms with Crippen molar-refractivity contribution >= 4 is 22.7 Å². The summed E-state index contributed by atoms with van der Waals surface area (Å²) in [5, 5.41) is 17.6. The topological polar surface area (TPSA) is 97.0 Å². The smallest absolute Gasteiger partial charge is 0.278 e. The van der Waals surface area contributed by atoms with Gasteiger partial charge >= 0.3 is 0 Å². The summed E-state index contributed by atoms with van der Waals surface area (Å²) < 4.78 is 14.0. The summed E-state index contributed by atoms with van der Waals surface area (Å²) >= 11 is 1.35. The number of hydrogen-bond donors (Lipinski definition) is 0. The molecule has 4 rings (SSSR count). The number of aromatic nitrogens is 6. The molecule has 29 heavy (non-hydrogen) atoms. The fraction of sp³-hybridized carbons (Fsp3) is 0.211. The molecule has 0 bridgehead atoms. The lowest BCUT2D eigenvalue weighted by molar-refractivity contribution is 0.290. The zero-order valence-electron chi connectivity index (χ0n) is 15.8. The second-order valence-corrected chi connectivity index (χ2v) is 7.02. The van der Waals surface area contributed by atoms with Gasteiger partial charge in [0.25, 0.3) is 5.56 Å². The van der Waals surface area contributed by atoms with Gasteiger partial charge in [0, 0.05) is 7.05 Å². The van der Waals surface area contributed by atoms with Crippen LogP contribution in [0.3, 0.4) is 0 Å². The van der Waals surface area contributed by atoms with E-state index in [1.165, 1.54) is 16.4 Å². The molecule has 9 nitrogen and oxygen atoms in total. The molecular weight excluding hydrogens is 392 g/mol. The molecule has 0 radical (unpaired) electrons. The molecule has 148 valence electrons. The fourth-order valence-electron chi connectivity index (χ4n) is 2.64. The van der Waals surface area contributed by atoms with Crippen molar-refractivity contribution in [3.63, 3.8) is 0 Å². The first kappa shape index (κ1) is 18.9. The van der Waals surface area contributed by atoms with Crippen molar-refractivity contribution in [2.75, 3.05) is 7.11 Å². The number of benzene rings is 2. The molecule has 0 amide bonds. The Morgan fingerprint density at radius 3 is 2.55 bits per heavy atom. The Balaban J connectivity index is 1.42. The van der Waals surface area contributed by atoms with E-state index in [0.29, 0.717) is 27.6 Å². The largest absolute Gasteiger partial charge is 0.497 e. The normalized spacial score (nSPS) is 11.0. The van der Waals surface area contributed by atoms with Gasteiger partial charge in [-0.05, 0) is 36.4 Å². The minimum atomic E-state index is -0.187. The van der Waals surface area contributed by atoms with E-state index in [0.717, 1.165) is 5.75 Å². The molecule has 0 fully saturated rings. The van der Waals surface area contributed by atoms with Crippen LogP contribution in [0.4, 0.5) is 0 Å². The molecule has 0 spiro atoms. The Morgan fingerprint density at radius 2 is 1.76 bits per heavy atom. The van der Waals surface area contributed by atoms with Crippen LogP contribution in [-0.4, -0.2) is 36.9 Å². The van der Waals surface area contributed by atoms with Crippen LogP contribution in [0.25, 0.3) is 10.9 Å². The summed E-state index contributed by atoms with van der Waals surface area (Å²) in [6, 6.07) is 14.4. The Morgan fingerprint density at radius 1 is 1.00 bits per heavy atom. The second kappa shape index (κ2) is 8.31. The van der Waals surface area contributed by atoms with Crippen molar-refractivity contribution in [3.8, 4) is 11.5 Å². The quantitative estimate of drug-likeness (QED) is 0.428. The molecule has 2 aromatic heterocycles. The van der Waals surface area contributed by atoms with Crippen LogP contribution >= 0.6 is 11.8 Å². The summed E-state index contributed by atoms with van der Waals surface area (Å²) in [4.78, 5) is 12.5. The van der Waals surface area contributed by atoms with Crippen molar-refractivity contribution in [1.82, 2.24) is 29.8 Å². The van der Waals surface area contributed by atoms with Gasteiger partial charge < -0.3 is 14.0 Å². The molecule has 0 unspecified atom stereocenters. The molecule has 0 saturated heterocycles. The van der Waals surface area contributed by atoms with Gasteiger partial charge in [0.05, 0.1) is 18.4 Å². The van der Waals surface area contributed by atoms with Gasteiger partial charge in [0.15, 0.2) is 11.0 Å². The number of methoxy groups -OCH3 is 1. The zero-order chi connectivity index (χ0) is 20.2. The van der Waals surface area contributed by atoms with E-state index in [2.05, 4.69) is 20.5 Å². The molecule has 10 heteroatoms. The Labute approximate surface area is 170 Å². The number of rotatable bonds is 7. The Kier molecular flexibility index (Phi) is 5.43. The third-order valence-electron chi connectivity index (χ3n) is 4.30. The summed E-state index contributed by atoms with van der Waals surface area (Å²) in [7, 11) is 3.47. The molecule has 0 aliphatic carbocycles. The lowest BCUT2D eigenvalue weighted by Crippen LogP contribution is -2.23. The maximum Gasteiger partial charge on any atom is 0.278 e. The predicted molar refractivity (Wildman–Crippen MR) is 108 cm³/mol. The fourth-order valence-corrected chi connectivity index (χ4v) is 3.45. The third kappa shape index (κ3) is 4.06. The predicted octanol–water partition coefficient (Wildman–Crippen LogP) is 2.26. The van der Waals surface area contributed by atoms with Crippen molar-refractivity contribution in [2.24, 2.45) is 7.05 Å². The third-order valence-corrected chi connectivity index (χ3v) is 5.29. The van der Waals surface area contributed by atoms with Crippen molar-refractivity contribution in [2.45, 2.75) is 17.6 Å². The first-order chi connectivity index (χ1) is 14.2. The monoisotopic (exact) mass is 410 g/mol. The summed E-state index contributed by atoms with van der Waals surface area (Å²) in [5.74, 6) is 2.42. The summed E-state index contributed by atoms with van der Waals surface area (Å²) in [5.41, 5.74) is 0.392. The van der Waals surface area contributed by atoms with E-state index in [1.54, 1.807) is 25.3 Å². The van der Waals surface area contributed by atoms with Gasteiger partial charge in [-0.15, -0.1) is 15.3 Å². The molecule has 0 aliphatic rings. The van der Waals surface area contributed by atoms with Gasteiger partial charge in [0.2, 0.25) is 0 Å². The molecule has 0 saturated carbocycles. The van der Waals surface area contributed by atoms with E-state index in [9.17, 15) is 4.79 Å². The van der Waals surface area contributed by atoms with E-state index in [4.69, 9.17) is 9.47 Å². The van der Waals surface area contributed by atoms with Gasteiger partial charge in [-0.25, -0.2) is 0 Å². The van der Waals surface area contributed by atoms with Crippen LogP contribution in [0.2, 0.25) is 0 Å². The highest BCUT2D eigenvalue weighted by atomic mass is 32.2. The SMILES string of the molecule is COc1ccc(OCc2nnc(SCn3nnc4ccccc4c3=O)n2C)cc1. The van der Waals surface area contributed by atoms with Crippen molar-refractivity contribution in [3.05, 3.63) is 64.7 Å². The van der Waals surface area contributed by atoms with E-state index in [1.807, 2.05) is 41.9 Å². The molecule has 0 atom stereocenters. The van der Waals surface area contributed by atoms with E-state index >= 15 is 0 Å². The highest BCUT2D eigenvalue weighted by Gasteiger charge is 2.12. The zero-order valence-corrected chi connectivity index (χ0v) is 16.7. The first-order valence-corrected chi connectivity index (χ1v) is 9.75. The Hall–Kier alpha value is -3.40. The van der Waals surface area contributed by atoms with Crippen LogP contribution in [-0.2, 0) is 19.5 Å². The second-order valence-electron chi connectivity index (χ2n) is 6.11. The van der Waals surface area contributed by atoms with Crippen LogP contribution in [0, 0.1) is 0 Å². The first-order valence-electron chi connectivity index (χ1n) is 8.76. The highest BCUT2D eigenvalue weighted by molar-refractivity contribution is 7.98. The average Bonchev–Trinajstić information content (AvgIpc) is 3.12. The van der Waals surface area contributed by atoms with Crippen molar-refractivity contribution < 1.29 is 9.47 Å². The van der Waals surface area contributed by atoms with Crippen LogP contribution < -0.4 is 15.0 Å². The molecule has 4 aromatic rings. The maximum absolute atomic E-state index is 12.5. The number of fused-ring (bicyclic) bond motifs is 1. The minimum Gasteiger partial charge on any atom is -0.497 e. The number of thioether (sulfide) groups is 1. The molecule has 2 aromatic carbocycles. The summed E-state index contributed by atoms with van der Waals surface area (Å²) in [6.07, 6.45) is 0. The molecular formula is C19H18N6O3S. The molecule has 0 aliphatic heterocycles. The van der Waals surface area contributed by atoms with Gasteiger partial charge in [-0.1, -0.05) is 29.1 Å².